The summed E-state index contributed by atoms with van der Waals surface area (Å²) >= 11 is 0. The lowest BCUT2D eigenvalue weighted by Gasteiger charge is -2.25. The number of benzene rings is 2. The number of esters is 1. The number of hydrogen-bond acceptors (Lipinski definition) is 7. The lowest BCUT2D eigenvalue weighted by molar-refractivity contribution is -0.136. The van der Waals surface area contributed by atoms with Crippen LogP contribution in [-0.2, 0) is 19.6 Å². The second-order valence-corrected chi connectivity index (χ2v) is 9.85. The van der Waals surface area contributed by atoms with E-state index in [9.17, 15) is 18.0 Å². The van der Waals surface area contributed by atoms with E-state index < -0.39 is 21.6 Å². The van der Waals surface area contributed by atoms with Gasteiger partial charge in [0, 0.05) is 12.1 Å². The van der Waals surface area contributed by atoms with Gasteiger partial charge in [0.05, 0.1) is 23.3 Å². The summed E-state index contributed by atoms with van der Waals surface area (Å²) in [5.74, 6) is -0.497. The third kappa shape index (κ3) is 3.69. The summed E-state index contributed by atoms with van der Waals surface area (Å²) in [4.78, 5) is 30.6. The molecule has 3 heterocycles. The van der Waals surface area contributed by atoms with Crippen LogP contribution in [0.1, 0.15) is 17.5 Å². The normalized spacial score (nSPS) is 13.8. The lowest BCUT2D eigenvalue weighted by atomic mass is 10.1. The maximum Gasteiger partial charge on any atom is 0.333 e. The lowest BCUT2D eigenvalue weighted by Crippen LogP contribution is -2.36. The van der Waals surface area contributed by atoms with E-state index >= 15 is 0 Å². The summed E-state index contributed by atoms with van der Waals surface area (Å²) in [6, 6.07) is 15.2. The molecule has 5 rings (SSSR count). The number of para-hydroxylation sites is 1. The van der Waals surface area contributed by atoms with Gasteiger partial charge in [-0.05, 0) is 43.7 Å². The summed E-state index contributed by atoms with van der Waals surface area (Å²) in [7, 11) is -2.89. The van der Waals surface area contributed by atoms with E-state index in [0.29, 0.717) is 5.69 Å². The second-order valence-electron chi connectivity index (χ2n) is 7.99. The molecule has 10 nitrogen and oxygen atoms in total. The van der Waals surface area contributed by atoms with Crippen molar-refractivity contribution in [2.24, 2.45) is 0 Å². The Labute approximate surface area is 200 Å². The molecule has 0 fully saturated rings. The van der Waals surface area contributed by atoms with Crippen molar-refractivity contribution in [1.82, 2.24) is 19.2 Å². The van der Waals surface area contributed by atoms with Crippen molar-refractivity contribution in [2.75, 3.05) is 18.0 Å². The quantitative estimate of drug-likeness (QED) is 0.402. The first-order chi connectivity index (χ1) is 16.8. The fourth-order valence-corrected chi connectivity index (χ4v) is 5.54. The Hall–Kier alpha value is -4.25. The van der Waals surface area contributed by atoms with Gasteiger partial charge in [-0.2, -0.15) is 14.6 Å². The summed E-state index contributed by atoms with van der Waals surface area (Å²) in [6.45, 7) is 1.75. The van der Waals surface area contributed by atoms with Crippen LogP contribution in [-0.4, -0.2) is 47.2 Å². The number of aryl methyl sites for hydroxylation is 1. The highest BCUT2D eigenvalue weighted by Crippen LogP contribution is 2.32. The van der Waals surface area contributed by atoms with Crippen LogP contribution < -0.4 is 9.86 Å². The number of methoxy groups -OCH3 is 1. The number of aromatic nitrogens is 4. The highest BCUT2D eigenvalue weighted by atomic mass is 32.2. The zero-order valence-corrected chi connectivity index (χ0v) is 19.8. The standard InChI is InChI=1S/C24H21N5O5S/c1-16-8-10-19(11-9-16)35(32,33)27-13-12-17(23(31)34-2)14-20-21(27)29-24(25-15-26-29)28(22(20)30)18-6-4-3-5-7-18/h3-11,14-15H,12-13H2,1-2H3. The van der Waals surface area contributed by atoms with Crippen molar-refractivity contribution in [3.63, 3.8) is 0 Å². The molecule has 0 N–H and O–H groups in total. The number of anilines is 1. The SMILES string of the molecule is COC(=O)C1=Cc2c(n3ncnc3n(-c3ccccc3)c2=O)N(S(=O)(=O)c2ccc(C)cc2)CC1. The van der Waals surface area contributed by atoms with E-state index in [-0.39, 0.29) is 40.6 Å². The van der Waals surface area contributed by atoms with Crippen LogP contribution in [0, 0.1) is 6.92 Å². The molecule has 0 bridgehead atoms. The number of nitrogens with zero attached hydrogens (tertiary/aromatic N) is 5. The van der Waals surface area contributed by atoms with Crippen molar-refractivity contribution >= 4 is 33.7 Å². The van der Waals surface area contributed by atoms with Gasteiger partial charge < -0.3 is 4.74 Å². The van der Waals surface area contributed by atoms with Gasteiger partial charge in [-0.3, -0.25) is 4.79 Å². The van der Waals surface area contributed by atoms with Gasteiger partial charge >= 0.3 is 5.97 Å². The largest absolute Gasteiger partial charge is 0.466 e. The predicted octanol–water partition coefficient (Wildman–Crippen LogP) is 2.34. The summed E-state index contributed by atoms with van der Waals surface area (Å²) < 4.78 is 36.3. The second kappa shape index (κ2) is 8.51. The van der Waals surface area contributed by atoms with Crippen molar-refractivity contribution in [3.05, 3.63) is 88.0 Å². The van der Waals surface area contributed by atoms with Gasteiger partial charge in [0.15, 0.2) is 5.82 Å². The van der Waals surface area contributed by atoms with Crippen LogP contribution in [0.3, 0.4) is 0 Å². The summed E-state index contributed by atoms with van der Waals surface area (Å²) in [5.41, 5.74) is 1.04. The Balaban J connectivity index is 1.85. The van der Waals surface area contributed by atoms with Gasteiger partial charge in [0.1, 0.15) is 6.33 Å². The number of ether oxygens (including phenoxy) is 1. The van der Waals surface area contributed by atoms with Crippen LogP contribution in [0.15, 0.2) is 76.2 Å². The Morgan fingerprint density at radius 2 is 1.77 bits per heavy atom. The van der Waals surface area contributed by atoms with Gasteiger partial charge in [-0.25, -0.2) is 22.1 Å². The van der Waals surface area contributed by atoms with E-state index in [1.807, 2.05) is 13.0 Å². The summed E-state index contributed by atoms with van der Waals surface area (Å²) in [6.07, 6.45) is 2.67. The fraction of sp³-hybridized carbons (Fsp3) is 0.167. The molecule has 11 heteroatoms. The average molecular weight is 492 g/mol. The minimum Gasteiger partial charge on any atom is -0.466 e. The number of fused-ring (bicyclic) bond motifs is 3. The number of carbonyl (C=O) groups excluding carboxylic acids is 1. The van der Waals surface area contributed by atoms with Crippen LogP contribution in [0.4, 0.5) is 5.82 Å². The molecule has 2 aromatic carbocycles. The molecule has 0 amide bonds. The molecule has 2 aromatic heterocycles. The minimum atomic E-state index is -4.12. The number of rotatable bonds is 4. The summed E-state index contributed by atoms with van der Waals surface area (Å²) in [5, 5.41) is 4.26. The molecular formula is C24H21N5O5S. The number of sulfonamides is 1. The first-order valence-electron chi connectivity index (χ1n) is 10.8. The molecule has 178 valence electrons. The minimum absolute atomic E-state index is 0.00848. The number of hydrogen-bond donors (Lipinski definition) is 0. The average Bonchev–Trinajstić information content (AvgIpc) is 3.24. The molecule has 0 aliphatic carbocycles. The van der Waals surface area contributed by atoms with Gasteiger partial charge in [0.2, 0.25) is 5.78 Å². The fourth-order valence-electron chi connectivity index (χ4n) is 4.07. The molecule has 0 saturated carbocycles. The smallest absolute Gasteiger partial charge is 0.333 e. The molecule has 35 heavy (non-hydrogen) atoms. The van der Waals surface area contributed by atoms with E-state index in [1.54, 1.807) is 36.4 Å². The van der Waals surface area contributed by atoms with Crippen molar-refractivity contribution in [3.8, 4) is 5.69 Å². The first kappa shape index (κ1) is 22.5. The molecular weight excluding hydrogens is 470 g/mol. The molecule has 1 aliphatic heterocycles. The molecule has 1 aliphatic rings. The molecule has 4 aromatic rings. The van der Waals surface area contributed by atoms with Crippen LogP contribution in [0.2, 0.25) is 0 Å². The van der Waals surface area contributed by atoms with Gasteiger partial charge in [-0.15, -0.1) is 0 Å². The van der Waals surface area contributed by atoms with E-state index in [4.69, 9.17) is 4.74 Å². The zero-order chi connectivity index (χ0) is 24.7. The monoisotopic (exact) mass is 491 g/mol. The van der Waals surface area contributed by atoms with Gasteiger partial charge in [-0.1, -0.05) is 35.9 Å². The van der Waals surface area contributed by atoms with E-state index in [1.165, 1.54) is 40.7 Å². The maximum atomic E-state index is 13.9. The van der Waals surface area contributed by atoms with Crippen molar-refractivity contribution in [2.45, 2.75) is 18.2 Å². The highest BCUT2D eigenvalue weighted by Gasteiger charge is 2.34. The Kier molecular flexibility index (Phi) is 5.48. The molecule has 0 atom stereocenters. The third-order valence-corrected chi connectivity index (χ3v) is 7.62. The van der Waals surface area contributed by atoms with Crippen LogP contribution >= 0.6 is 0 Å². The molecule has 0 radical (unpaired) electrons. The first-order valence-corrected chi connectivity index (χ1v) is 12.2. The van der Waals surface area contributed by atoms with Crippen molar-refractivity contribution in [1.29, 1.82) is 0 Å². The van der Waals surface area contributed by atoms with E-state index in [0.717, 1.165) is 9.87 Å². The maximum absolute atomic E-state index is 13.9. The van der Waals surface area contributed by atoms with Crippen LogP contribution in [0.5, 0.6) is 0 Å². The molecule has 0 unspecified atom stereocenters. The molecule has 0 saturated heterocycles. The highest BCUT2D eigenvalue weighted by molar-refractivity contribution is 7.92. The predicted molar refractivity (Wildman–Crippen MR) is 129 cm³/mol. The van der Waals surface area contributed by atoms with Gasteiger partial charge in [0.25, 0.3) is 15.6 Å². The molecule has 0 spiro atoms. The topological polar surface area (TPSA) is 116 Å². The third-order valence-electron chi connectivity index (χ3n) is 5.81. The number of carbonyl (C=O) groups is 1. The van der Waals surface area contributed by atoms with E-state index in [2.05, 4.69) is 10.1 Å². The van der Waals surface area contributed by atoms with Crippen LogP contribution in [0.25, 0.3) is 17.5 Å². The Bertz CT molecular complexity index is 1640. The Morgan fingerprint density at radius 1 is 1.06 bits per heavy atom. The zero-order valence-electron chi connectivity index (χ0n) is 19.0. The van der Waals surface area contributed by atoms with Crippen molar-refractivity contribution < 1.29 is 17.9 Å². The Morgan fingerprint density at radius 3 is 2.46 bits per heavy atom.